The van der Waals surface area contributed by atoms with Gasteiger partial charge in [0, 0.05) is 6.42 Å². The van der Waals surface area contributed by atoms with Crippen LogP contribution in [-0.2, 0) is 4.43 Å². The van der Waals surface area contributed by atoms with Gasteiger partial charge in [0.2, 0.25) is 8.32 Å². The van der Waals surface area contributed by atoms with Crippen LogP contribution in [0.1, 0.15) is 33.6 Å². The number of allylic oxidation sites excluding steroid dienone is 3. The highest BCUT2D eigenvalue weighted by Gasteiger charge is 2.39. The third-order valence-electron chi connectivity index (χ3n) is 4.26. The van der Waals surface area contributed by atoms with Crippen molar-refractivity contribution < 1.29 is 4.43 Å². The second-order valence-electron chi connectivity index (χ2n) is 7.92. The van der Waals surface area contributed by atoms with E-state index in [1.807, 2.05) is 0 Å². The summed E-state index contributed by atoms with van der Waals surface area (Å²) in [5.41, 5.74) is 0. The Labute approximate surface area is 115 Å². The zero-order valence-corrected chi connectivity index (χ0v) is 15.5. The number of rotatable bonds is 3. The third kappa shape index (κ3) is 3.85. The lowest BCUT2D eigenvalue weighted by Crippen LogP contribution is -2.40. The normalized spacial score (nSPS) is 18.2. The summed E-state index contributed by atoms with van der Waals surface area (Å²) in [5, 5.41) is 1.96. The predicted molar refractivity (Wildman–Crippen MR) is 87.0 cm³/mol. The van der Waals surface area contributed by atoms with Crippen LogP contribution >= 0.6 is 0 Å². The average molecular weight is 283 g/mol. The smallest absolute Gasteiger partial charge is 0.250 e. The molecule has 1 nitrogen and oxygen atoms in total. The van der Waals surface area contributed by atoms with Crippen LogP contribution in [0, 0.1) is 0 Å². The van der Waals surface area contributed by atoms with Gasteiger partial charge in [-0.3, -0.25) is 0 Å². The zero-order chi connectivity index (χ0) is 14.2. The Morgan fingerprint density at radius 2 is 1.50 bits per heavy atom. The van der Waals surface area contributed by atoms with Crippen molar-refractivity contribution in [3.8, 4) is 0 Å². The van der Waals surface area contributed by atoms with E-state index in [2.05, 4.69) is 65.7 Å². The van der Waals surface area contributed by atoms with E-state index in [1.165, 1.54) is 5.76 Å². The summed E-state index contributed by atoms with van der Waals surface area (Å²) in [5.74, 6) is 1.21. The molecule has 0 aromatic heterocycles. The first-order valence-electron chi connectivity index (χ1n) is 7.01. The molecule has 0 atom stereocenters. The van der Waals surface area contributed by atoms with E-state index >= 15 is 0 Å². The maximum Gasteiger partial charge on any atom is 0.250 e. The van der Waals surface area contributed by atoms with Crippen LogP contribution in [0.5, 0.6) is 0 Å². The van der Waals surface area contributed by atoms with Gasteiger partial charge in [0.05, 0.1) is 13.8 Å². The molecule has 1 rings (SSSR count). The summed E-state index contributed by atoms with van der Waals surface area (Å²) in [4.78, 5) is 0. The molecule has 0 heterocycles. The average Bonchev–Trinajstić information content (AvgIpc) is 2.14. The van der Waals surface area contributed by atoms with Crippen LogP contribution < -0.4 is 0 Å². The lowest BCUT2D eigenvalue weighted by molar-refractivity contribution is 0.373. The molecular weight excluding hydrogens is 252 g/mol. The molecule has 0 saturated carbocycles. The van der Waals surface area contributed by atoms with E-state index in [9.17, 15) is 0 Å². The quantitative estimate of drug-likeness (QED) is 0.622. The monoisotopic (exact) mass is 282 g/mol. The first-order chi connectivity index (χ1) is 7.93. The van der Waals surface area contributed by atoms with Gasteiger partial charge in [0.25, 0.3) is 0 Å². The van der Waals surface area contributed by atoms with Gasteiger partial charge in [0.1, 0.15) is 0 Å². The molecule has 0 bridgehead atoms. The van der Waals surface area contributed by atoms with Crippen molar-refractivity contribution in [2.45, 2.75) is 71.4 Å². The first kappa shape index (κ1) is 15.8. The van der Waals surface area contributed by atoms with Gasteiger partial charge in [-0.2, -0.15) is 0 Å². The van der Waals surface area contributed by atoms with Crippen molar-refractivity contribution in [2.75, 3.05) is 0 Å². The Balaban J connectivity index is 2.68. The van der Waals surface area contributed by atoms with Crippen molar-refractivity contribution in [1.82, 2.24) is 0 Å². The summed E-state index contributed by atoms with van der Waals surface area (Å²) in [6.07, 6.45) is 6.87. The number of hydrogen-bond acceptors (Lipinski definition) is 1. The van der Waals surface area contributed by atoms with Crippen molar-refractivity contribution >= 4 is 16.4 Å². The molecule has 0 spiro atoms. The molecule has 0 saturated heterocycles. The van der Waals surface area contributed by atoms with E-state index in [4.69, 9.17) is 4.43 Å². The maximum atomic E-state index is 6.38. The molecule has 1 aliphatic carbocycles. The topological polar surface area (TPSA) is 9.23 Å². The van der Waals surface area contributed by atoms with Gasteiger partial charge in [0.15, 0.2) is 0 Å². The molecule has 0 radical (unpaired) electrons. The third-order valence-corrected chi connectivity index (χ3v) is 11.0. The van der Waals surface area contributed by atoms with Gasteiger partial charge in [-0.25, -0.2) is 0 Å². The first-order valence-corrected chi connectivity index (χ1v) is 13.4. The highest BCUT2D eigenvalue weighted by molar-refractivity contribution is 6.83. The fourth-order valence-electron chi connectivity index (χ4n) is 1.79. The largest absolute Gasteiger partial charge is 0.547 e. The van der Waals surface area contributed by atoms with Crippen LogP contribution in [0.25, 0.3) is 0 Å². The molecule has 0 aromatic rings. The summed E-state index contributed by atoms with van der Waals surface area (Å²) in [7, 11) is -2.76. The van der Waals surface area contributed by atoms with E-state index in [1.54, 1.807) is 5.20 Å². The van der Waals surface area contributed by atoms with E-state index in [0.717, 1.165) is 12.8 Å². The van der Waals surface area contributed by atoms with Crippen LogP contribution in [0.2, 0.25) is 37.8 Å². The minimum absolute atomic E-state index is 0.288. The lowest BCUT2D eigenvalue weighted by atomic mass is 10.2. The molecule has 0 fully saturated rings. The minimum Gasteiger partial charge on any atom is -0.547 e. The Morgan fingerprint density at radius 3 is 1.83 bits per heavy atom. The van der Waals surface area contributed by atoms with Gasteiger partial charge >= 0.3 is 0 Å². The van der Waals surface area contributed by atoms with Crippen LogP contribution in [0.4, 0.5) is 0 Å². The Hall–Kier alpha value is -0.286. The van der Waals surface area contributed by atoms with Gasteiger partial charge in [-0.1, -0.05) is 51.7 Å². The molecule has 0 amide bonds. The molecule has 104 valence electrons. The molecular formula is C15H30OSi2. The standard InChI is InChI=1S/C15H30OSi2/c1-15(2,3)18(7,8)16-13-9-11-14(12-10-13)17(4,5)6/h9,12H,10-11H2,1-8H3. The van der Waals surface area contributed by atoms with Crippen LogP contribution in [0.3, 0.4) is 0 Å². The van der Waals surface area contributed by atoms with E-state index < -0.39 is 16.4 Å². The SMILES string of the molecule is CC(C)(C)[Si](C)(C)OC1=CCC([Si](C)(C)C)=CC1. The van der Waals surface area contributed by atoms with Gasteiger partial charge in [-0.15, -0.1) is 0 Å². The molecule has 3 heteroatoms. The second-order valence-corrected chi connectivity index (χ2v) is 17.8. The van der Waals surface area contributed by atoms with E-state index in [-0.39, 0.29) is 5.04 Å². The fraction of sp³-hybridized carbons (Fsp3) is 0.733. The second kappa shape index (κ2) is 5.01. The van der Waals surface area contributed by atoms with Crippen molar-refractivity contribution in [1.29, 1.82) is 0 Å². The Kier molecular flexibility index (Phi) is 4.39. The van der Waals surface area contributed by atoms with Crippen molar-refractivity contribution in [3.63, 3.8) is 0 Å². The molecule has 0 N–H and O–H groups in total. The number of hydrogen-bond donors (Lipinski definition) is 0. The highest BCUT2D eigenvalue weighted by atomic mass is 28.4. The Bertz CT molecular complexity index is 365. The summed E-state index contributed by atoms with van der Waals surface area (Å²) in [6, 6.07) is 0. The molecule has 0 aliphatic heterocycles. The summed E-state index contributed by atoms with van der Waals surface area (Å²) >= 11 is 0. The van der Waals surface area contributed by atoms with Gasteiger partial charge in [-0.05, 0) is 30.6 Å². The molecule has 1 aliphatic rings. The lowest BCUT2D eigenvalue weighted by Gasteiger charge is -2.38. The van der Waals surface area contributed by atoms with Crippen LogP contribution in [0.15, 0.2) is 23.1 Å². The summed E-state index contributed by atoms with van der Waals surface area (Å²) in [6.45, 7) is 18.8. The van der Waals surface area contributed by atoms with Crippen molar-refractivity contribution in [3.05, 3.63) is 23.1 Å². The highest BCUT2D eigenvalue weighted by Crippen LogP contribution is 2.39. The minimum atomic E-state index is -1.65. The molecule has 18 heavy (non-hydrogen) atoms. The predicted octanol–water partition coefficient (Wildman–Crippen LogP) is 5.49. The Morgan fingerprint density at radius 1 is 0.944 bits per heavy atom. The van der Waals surface area contributed by atoms with Crippen LogP contribution in [-0.4, -0.2) is 16.4 Å². The van der Waals surface area contributed by atoms with E-state index in [0.29, 0.717) is 0 Å². The van der Waals surface area contributed by atoms with Gasteiger partial charge < -0.3 is 4.43 Å². The molecule has 0 unspecified atom stereocenters. The maximum absolute atomic E-state index is 6.38. The summed E-state index contributed by atoms with van der Waals surface area (Å²) < 4.78 is 6.38. The fourth-order valence-corrected chi connectivity index (χ4v) is 4.35. The molecule has 0 aromatic carbocycles. The van der Waals surface area contributed by atoms with Crippen molar-refractivity contribution in [2.24, 2.45) is 0 Å². The zero-order valence-electron chi connectivity index (χ0n) is 13.5.